The van der Waals surface area contributed by atoms with Crippen LogP contribution in [0.2, 0.25) is 0 Å². The standard InChI is InChI=1S/C27H28F3NO6S/c1-25(2,3)15-26(4,5)16-9-11-17(12-10-16)36-21-14-13-20-22-18(21)7-6-8-19(22)23(32)31(24(20)33)37-38(34,35)27(28,29)30/h6-14,23,32H,15H2,1-5H3. The van der Waals surface area contributed by atoms with Crippen molar-refractivity contribution in [2.24, 2.45) is 5.41 Å². The van der Waals surface area contributed by atoms with Crippen molar-refractivity contribution in [2.75, 3.05) is 0 Å². The van der Waals surface area contributed by atoms with E-state index in [2.05, 4.69) is 38.9 Å². The van der Waals surface area contributed by atoms with Crippen molar-refractivity contribution in [3.8, 4) is 11.5 Å². The van der Waals surface area contributed by atoms with Crippen LogP contribution in [0.15, 0.2) is 54.6 Å². The average molecular weight is 552 g/mol. The highest BCUT2D eigenvalue weighted by Gasteiger charge is 2.51. The van der Waals surface area contributed by atoms with Gasteiger partial charge in [0.15, 0.2) is 6.23 Å². The maximum atomic E-state index is 12.9. The van der Waals surface area contributed by atoms with Crippen molar-refractivity contribution in [1.82, 2.24) is 5.06 Å². The summed E-state index contributed by atoms with van der Waals surface area (Å²) in [5.74, 6) is -0.388. The molecule has 1 aliphatic heterocycles. The summed E-state index contributed by atoms with van der Waals surface area (Å²) in [6, 6.07) is 14.8. The molecule has 0 radical (unpaired) electrons. The molecular weight excluding hydrogens is 523 g/mol. The maximum Gasteiger partial charge on any atom is 0.525 e. The molecule has 4 rings (SSSR count). The Kier molecular flexibility index (Phi) is 6.78. The van der Waals surface area contributed by atoms with E-state index in [1.807, 2.05) is 24.3 Å². The highest BCUT2D eigenvalue weighted by molar-refractivity contribution is 7.87. The summed E-state index contributed by atoms with van der Waals surface area (Å²) in [6.07, 6.45) is -1.13. The molecule has 1 aliphatic rings. The van der Waals surface area contributed by atoms with Crippen molar-refractivity contribution in [3.63, 3.8) is 0 Å². The smallest absolute Gasteiger partial charge is 0.457 e. The van der Waals surface area contributed by atoms with Crippen LogP contribution in [0.25, 0.3) is 10.8 Å². The molecule has 1 unspecified atom stereocenters. The second kappa shape index (κ2) is 9.25. The molecule has 11 heteroatoms. The molecule has 204 valence electrons. The Hall–Kier alpha value is -3.15. The van der Waals surface area contributed by atoms with Crippen LogP contribution >= 0.6 is 0 Å². The van der Waals surface area contributed by atoms with Gasteiger partial charge >= 0.3 is 15.6 Å². The van der Waals surface area contributed by atoms with E-state index >= 15 is 0 Å². The molecule has 0 aromatic heterocycles. The lowest BCUT2D eigenvalue weighted by Crippen LogP contribution is -2.42. The van der Waals surface area contributed by atoms with Gasteiger partial charge in [-0.15, -0.1) is 4.28 Å². The Balaban J connectivity index is 1.67. The SMILES string of the molecule is CC(C)(C)CC(C)(C)c1ccc(Oc2ccc3c4c(cccc24)C(O)N(OS(=O)(=O)C(F)(F)F)C3=O)cc1. The minimum absolute atomic E-state index is 0.0146. The van der Waals surface area contributed by atoms with E-state index in [4.69, 9.17) is 4.74 Å². The Morgan fingerprint density at radius 2 is 1.58 bits per heavy atom. The van der Waals surface area contributed by atoms with Crippen molar-refractivity contribution in [1.29, 1.82) is 0 Å². The highest BCUT2D eigenvalue weighted by Crippen LogP contribution is 2.42. The number of carbonyl (C=O) groups excluding carboxylic acids is 1. The first-order valence-corrected chi connectivity index (χ1v) is 13.2. The van der Waals surface area contributed by atoms with E-state index in [9.17, 15) is 31.5 Å². The Morgan fingerprint density at radius 1 is 0.947 bits per heavy atom. The normalized spacial score (nSPS) is 16.7. The molecule has 1 atom stereocenters. The Bertz CT molecular complexity index is 1490. The first kappa shape index (κ1) is 27.9. The van der Waals surface area contributed by atoms with Crippen LogP contribution in [0.5, 0.6) is 11.5 Å². The van der Waals surface area contributed by atoms with Gasteiger partial charge in [0, 0.05) is 16.3 Å². The van der Waals surface area contributed by atoms with Crippen LogP contribution in [-0.4, -0.2) is 30.0 Å². The van der Waals surface area contributed by atoms with Crippen molar-refractivity contribution in [2.45, 2.75) is 58.2 Å². The van der Waals surface area contributed by atoms with Gasteiger partial charge in [-0.2, -0.15) is 26.7 Å². The van der Waals surface area contributed by atoms with E-state index in [1.165, 1.54) is 24.3 Å². The van der Waals surface area contributed by atoms with Gasteiger partial charge in [-0.3, -0.25) is 4.79 Å². The number of amides is 1. The van der Waals surface area contributed by atoms with Crippen molar-refractivity contribution >= 4 is 26.8 Å². The van der Waals surface area contributed by atoms with Crippen LogP contribution in [0.3, 0.4) is 0 Å². The number of hydroxylamine groups is 2. The Labute approximate surface area is 218 Å². The lowest BCUT2D eigenvalue weighted by molar-refractivity contribution is -0.151. The summed E-state index contributed by atoms with van der Waals surface area (Å²) in [5, 5.41) is 11.0. The third-order valence-electron chi connectivity index (χ3n) is 6.26. The molecule has 0 aliphatic carbocycles. The lowest BCUT2D eigenvalue weighted by Gasteiger charge is -2.33. The van der Waals surface area contributed by atoms with Gasteiger partial charge in [0.25, 0.3) is 5.91 Å². The second-order valence-corrected chi connectivity index (χ2v) is 12.6. The number of aliphatic hydroxyl groups is 1. The highest BCUT2D eigenvalue weighted by atomic mass is 32.2. The molecule has 0 saturated carbocycles. The van der Waals surface area contributed by atoms with E-state index in [-0.39, 0.29) is 32.4 Å². The number of alkyl halides is 3. The molecule has 0 bridgehead atoms. The van der Waals surface area contributed by atoms with Gasteiger partial charge in [-0.05, 0) is 47.1 Å². The third-order valence-corrected chi connectivity index (χ3v) is 7.19. The summed E-state index contributed by atoms with van der Waals surface area (Å²) in [6.45, 7) is 10.9. The van der Waals surface area contributed by atoms with Crippen LogP contribution in [0.4, 0.5) is 13.2 Å². The van der Waals surface area contributed by atoms with Crippen molar-refractivity contribution in [3.05, 3.63) is 71.3 Å². The summed E-state index contributed by atoms with van der Waals surface area (Å²) in [5.41, 5.74) is -4.74. The number of carbonyl (C=O) groups is 1. The van der Waals surface area contributed by atoms with E-state index in [1.54, 1.807) is 6.07 Å². The van der Waals surface area contributed by atoms with Crippen LogP contribution in [0, 0.1) is 5.41 Å². The number of rotatable bonds is 6. The lowest BCUT2D eigenvalue weighted by atomic mass is 9.72. The van der Waals surface area contributed by atoms with Gasteiger partial charge in [-0.25, -0.2) is 0 Å². The largest absolute Gasteiger partial charge is 0.525 e. The molecule has 0 fully saturated rings. The molecule has 7 nitrogen and oxygen atoms in total. The molecular formula is C27H28F3NO6S. The Morgan fingerprint density at radius 3 is 2.16 bits per heavy atom. The van der Waals surface area contributed by atoms with Gasteiger partial charge in [-0.1, -0.05) is 65.0 Å². The molecule has 1 N–H and O–H groups in total. The number of hydrogen-bond donors (Lipinski definition) is 1. The molecule has 0 saturated heterocycles. The quantitative estimate of drug-likeness (QED) is 0.348. The zero-order valence-corrected chi connectivity index (χ0v) is 22.3. The molecule has 1 amide bonds. The fourth-order valence-corrected chi connectivity index (χ4v) is 5.44. The zero-order chi connectivity index (χ0) is 28.3. The molecule has 38 heavy (non-hydrogen) atoms. The first-order chi connectivity index (χ1) is 17.4. The first-order valence-electron chi connectivity index (χ1n) is 11.8. The van der Waals surface area contributed by atoms with E-state index < -0.39 is 27.8 Å². The number of ether oxygens (including phenoxy) is 1. The summed E-state index contributed by atoms with van der Waals surface area (Å²) in [4.78, 5) is 12.9. The molecule has 3 aromatic carbocycles. The molecule has 3 aromatic rings. The zero-order valence-electron chi connectivity index (χ0n) is 21.5. The maximum absolute atomic E-state index is 12.9. The minimum atomic E-state index is -6.19. The third kappa shape index (κ3) is 5.23. The van der Waals surface area contributed by atoms with Crippen molar-refractivity contribution < 1.29 is 40.5 Å². The summed E-state index contributed by atoms with van der Waals surface area (Å²) < 4.78 is 71.6. The number of hydrogen-bond acceptors (Lipinski definition) is 6. The van der Waals surface area contributed by atoms with Gasteiger partial charge in [0.2, 0.25) is 0 Å². The topological polar surface area (TPSA) is 93.1 Å². The van der Waals surface area contributed by atoms with Crippen LogP contribution in [0.1, 0.15) is 68.8 Å². The molecule has 0 spiro atoms. The van der Waals surface area contributed by atoms with Gasteiger partial charge in [0.1, 0.15) is 11.5 Å². The van der Waals surface area contributed by atoms with Crippen LogP contribution in [-0.2, 0) is 19.8 Å². The van der Waals surface area contributed by atoms with E-state index in [0.29, 0.717) is 16.9 Å². The predicted octanol–water partition coefficient (Wildman–Crippen LogP) is 6.57. The predicted molar refractivity (Wildman–Crippen MR) is 135 cm³/mol. The number of benzene rings is 3. The number of halogens is 3. The minimum Gasteiger partial charge on any atom is -0.457 e. The molecule has 1 heterocycles. The van der Waals surface area contributed by atoms with E-state index in [0.717, 1.165) is 12.0 Å². The second-order valence-electron chi connectivity index (χ2n) is 11.1. The van der Waals surface area contributed by atoms with Gasteiger partial charge < -0.3 is 9.84 Å². The number of nitrogens with zero attached hydrogens (tertiary/aromatic N) is 1. The summed E-state index contributed by atoms with van der Waals surface area (Å²) >= 11 is 0. The van der Waals surface area contributed by atoms with Crippen LogP contribution < -0.4 is 4.74 Å². The average Bonchev–Trinajstić information content (AvgIpc) is 2.79. The summed E-state index contributed by atoms with van der Waals surface area (Å²) in [7, 11) is -6.19. The monoisotopic (exact) mass is 551 g/mol. The fraction of sp³-hybridized carbons (Fsp3) is 0.370. The van der Waals surface area contributed by atoms with Gasteiger partial charge in [0.05, 0.1) is 5.56 Å². The number of aliphatic hydroxyl groups excluding tert-OH is 1. The fourth-order valence-electron chi connectivity index (χ4n) is 5.00.